The van der Waals surface area contributed by atoms with Gasteiger partial charge in [0.25, 0.3) is 0 Å². The number of methoxy groups -OCH3 is 1. The molecule has 1 fully saturated rings. The molecule has 0 radical (unpaired) electrons. The maximum absolute atomic E-state index is 11.7. The Balaban J connectivity index is 2.02. The molecular formula is C14H21NO2S. The quantitative estimate of drug-likeness (QED) is 0.768. The molecule has 0 aromatic carbocycles. The van der Waals surface area contributed by atoms with E-state index in [9.17, 15) is 4.79 Å². The number of aromatic nitrogens is 1. The van der Waals surface area contributed by atoms with Gasteiger partial charge in [-0.15, -0.1) is 11.3 Å². The molecular weight excluding hydrogens is 246 g/mol. The molecule has 0 aliphatic heterocycles. The van der Waals surface area contributed by atoms with Gasteiger partial charge in [0.1, 0.15) is 0 Å². The average Bonchev–Trinajstić information content (AvgIpc) is 2.70. The minimum absolute atomic E-state index is 0.0737. The van der Waals surface area contributed by atoms with Crippen molar-refractivity contribution in [2.24, 2.45) is 11.8 Å². The maximum Gasteiger partial charge on any atom is 0.309 e. The molecule has 1 unspecified atom stereocenters. The lowest BCUT2D eigenvalue weighted by atomic mass is 9.83. The molecule has 1 aliphatic carbocycles. The Labute approximate surface area is 113 Å². The molecule has 0 amide bonds. The van der Waals surface area contributed by atoms with Crippen molar-refractivity contribution in [3.63, 3.8) is 0 Å². The summed E-state index contributed by atoms with van der Waals surface area (Å²) in [5.74, 6) is 0.764. The number of thiazole rings is 1. The van der Waals surface area contributed by atoms with Gasteiger partial charge in [-0.25, -0.2) is 4.98 Å². The van der Waals surface area contributed by atoms with Gasteiger partial charge in [-0.3, -0.25) is 4.79 Å². The number of carbonyl (C=O) groups excluding carboxylic acids is 1. The summed E-state index contributed by atoms with van der Waals surface area (Å²) in [4.78, 5) is 16.4. The monoisotopic (exact) mass is 267 g/mol. The van der Waals surface area contributed by atoms with Crippen molar-refractivity contribution in [3.8, 4) is 0 Å². The van der Waals surface area contributed by atoms with Gasteiger partial charge in [0.2, 0.25) is 0 Å². The van der Waals surface area contributed by atoms with E-state index in [2.05, 4.69) is 24.2 Å². The van der Waals surface area contributed by atoms with Crippen molar-refractivity contribution in [1.29, 1.82) is 0 Å². The van der Waals surface area contributed by atoms with E-state index in [0.29, 0.717) is 12.3 Å². The lowest BCUT2D eigenvalue weighted by molar-refractivity contribution is -0.146. The Morgan fingerprint density at radius 1 is 1.56 bits per heavy atom. The summed E-state index contributed by atoms with van der Waals surface area (Å²) < 4.78 is 4.87. The van der Waals surface area contributed by atoms with E-state index in [-0.39, 0.29) is 17.8 Å². The number of carbonyl (C=O) groups is 1. The zero-order chi connectivity index (χ0) is 13.1. The van der Waals surface area contributed by atoms with Gasteiger partial charge >= 0.3 is 5.97 Å². The van der Waals surface area contributed by atoms with Gasteiger partial charge in [0, 0.05) is 17.7 Å². The van der Waals surface area contributed by atoms with Crippen LogP contribution >= 0.6 is 11.3 Å². The number of hydrogen-bond donors (Lipinski definition) is 0. The van der Waals surface area contributed by atoms with E-state index < -0.39 is 0 Å². The highest BCUT2D eigenvalue weighted by atomic mass is 32.1. The lowest BCUT2D eigenvalue weighted by Gasteiger charge is -2.23. The van der Waals surface area contributed by atoms with Crippen molar-refractivity contribution in [1.82, 2.24) is 4.98 Å². The zero-order valence-corrected chi connectivity index (χ0v) is 12.1. The fourth-order valence-corrected chi connectivity index (χ4v) is 3.18. The Morgan fingerprint density at radius 3 is 2.78 bits per heavy atom. The second-order valence-corrected chi connectivity index (χ2v) is 6.31. The predicted octanol–water partition coefficient (Wildman–Crippen LogP) is 3.40. The molecule has 1 atom stereocenters. The highest BCUT2D eigenvalue weighted by molar-refractivity contribution is 7.09. The van der Waals surface area contributed by atoms with Crippen LogP contribution in [-0.4, -0.2) is 18.1 Å². The smallest absolute Gasteiger partial charge is 0.309 e. The normalized spacial score (nSPS) is 17.6. The molecule has 2 rings (SSSR count). The van der Waals surface area contributed by atoms with Crippen LogP contribution in [0.5, 0.6) is 0 Å². The maximum atomic E-state index is 11.7. The third kappa shape index (κ3) is 2.91. The summed E-state index contributed by atoms with van der Waals surface area (Å²) in [5, 5.41) is 3.23. The summed E-state index contributed by atoms with van der Waals surface area (Å²) in [7, 11) is 1.46. The fraction of sp³-hybridized carbons (Fsp3) is 0.714. The van der Waals surface area contributed by atoms with Gasteiger partial charge in [-0.2, -0.15) is 0 Å². The first-order valence-corrected chi connectivity index (χ1v) is 7.52. The van der Waals surface area contributed by atoms with Gasteiger partial charge in [-0.05, 0) is 18.8 Å². The third-order valence-corrected chi connectivity index (χ3v) is 4.69. The summed E-state index contributed by atoms with van der Waals surface area (Å²) in [6, 6.07) is 0. The number of nitrogens with zero attached hydrogens (tertiary/aromatic N) is 1. The number of esters is 1. The molecule has 1 aromatic rings. The molecule has 1 aliphatic rings. The molecule has 0 N–H and O–H groups in total. The Hall–Kier alpha value is -0.900. The molecule has 1 saturated carbocycles. The van der Waals surface area contributed by atoms with Gasteiger partial charge < -0.3 is 4.74 Å². The first-order chi connectivity index (χ1) is 8.61. The summed E-state index contributed by atoms with van der Waals surface area (Å²) in [6.07, 6.45) is 4.58. The lowest BCUT2D eigenvalue weighted by Crippen LogP contribution is -2.24. The van der Waals surface area contributed by atoms with Crippen molar-refractivity contribution in [3.05, 3.63) is 16.1 Å². The summed E-state index contributed by atoms with van der Waals surface area (Å²) in [6.45, 7) is 4.12. The molecule has 1 aromatic heterocycles. The van der Waals surface area contributed by atoms with E-state index >= 15 is 0 Å². The Morgan fingerprint density at radius 2 is 2.28 bits per heavy atom. The van der Waals surface area contributed by atoms with Crippen molar-refractivity contribution in [2.75, 3.05) is 7.11 Å². The van der Waals surface area contributed by atoms with E-state index in [4.69, 9.17) is 4.74 Å². The van der Waals surface area contributed by atoms with Crippen LogP contribution in [0.2, 0.25) is 0 Å². The van der Waals surface area contributed by atoms with E-state index in [0.717, 1.165) is 5.01 Å². The molecule has 0 bridgehead atoms. The highest BCUT2D eigenvalue weighted by Gasteiger charge is 2.26. The third-order valence-electron chi connectivity index (χ3n) is 3.80. The van der Waals surface area contributed by atoms with Crippen LogP contribution < -0.4 is 0 Å². The zero-order valence-electron chi connectivity index (χ0n) is 11.3. The van der Waals surface area contributed by atoms with Crippen LogP contribution in [0.1, 0.15) is 49.7 Å². The predicted molar refractivity (Wildman–Crippen MR) is 72.8 cm³/mol. The van der Waals surface area contributed by atoms with Crippen molar-refractivity contribution < 1.29 is 9.53 Å². The molecule has 1 heterocycles. The van der Waals surface area contributed by atoms with Crippen LogP contribution in [0.25, 0.3) is 0 Å². The molecule has 0 spiro atoms. The highest BCUT2D eigenvalue weighted by Crippen LogP contribution is 2.37. The van der Waals surface area contributed by atoms with Gasteiger partial charge in [-0.1, -0.05) is 20.3 Å². The molecule has 4 heteroatoms. The van der Waals surface area contributed by atoms with Crippen LogP contribution in [0, 0.1) is 11.8 Å². The second-order valence-electron chi connectivity index (χ2n) is 5.37. The summed E-state index contributed by atoms with van der Waals surface area (Å²) in [5.41, 5.74) is 1.23. The first kappa shape index (κ1) is 13.5. The summed E-state index contributed by atoms with van der Waals surface area (Å²) >= 11 is 1.68. The van der Waals surface area contributed by atoms with Crippen molar-refractivity contribution >= 4 is 17.3 Å². The fourth-order valence-electron chi connectivity index (χ4n) is 2.24. The minimum atomic E-state index is -0.120. The topological polar surface area (TPSA) is 39.2 Å². The number of rotatable bonds is 5. The SMILES string of the molecule is COC(=O)C(Cc1nc(C2CCC2)cs1)C(C)C. The van der Waals surface area contributed by atoms with Crippen molar-refractivity contribution in [2.45, 2.75) is 45.4 Å². The largest absolute Gasteiger partial charge is 0.469 e. The molecule has 0 saturated heterocycles. The van der Waals surface area contributed by atoms with Crippen LogP contribution in [-0.2, 0) is 16.0 Å². The molecule has 18 heavy (non-hydrogen) atoms. The van der Waals surface area contributed by atoms with E-state index in [1.165, 1.54) is 32.1 Å². The standard InChI is InChI=1S/C14H21NO2S/c1-9(2)11(14(16)17-3)7-13-15-12(8-18-13)10-5-4-6-10/h8-11H,4-7H2,1-3H3. The number of hydrogen-bond acceptors (Lipinski definition) is 4. The van der Waals surface area contributed by atoms with Crippen LogP contribution in [0.3, 0.4) is 0 Å². The van der Waals surface area contributed by atoms with Gasteiger partial charge in [0.05, 0.1) is 23.7 Å². The van der Waals surface area contributed by atoms with E-state index in [1.54, 1.807) is 11.3 Å². The van der Waals surface area contributed by atoms with Crippen LogP contribution in [0.4, 0.5) is 0 Å². The van der Waals surface area contributed by atoms with Crippen LogP contribution in [0.15, 0.2) is 5.38 Å². The Bertz CT molecular complexity index is 410. The average molecular weight is 267 g/mol. The van der Waals surface area contributed by atoms with E-state index in [1.807, 2.05) is 0 Å². The van der Waals surface area contributed by atoms with Gasteiger partial charge in [0.15, 0.2) is 0 Å². The Kier molecular flexibility index (Phi) is 4.38. The first-order valence-electron chi connectivity index (χ1n) is 6.64. The second kappa shape index (κ2) is 5.83. The molecule has 3 nitrogen and oxygen atoms in total. The number of ether oxygens (including phenoxy) is 1. The minimum Gasteiger partial charge on any atom is -0.469 e. The molecule has 100 valence electrons.